The maximum Gasteiger partial charge on any atom is 0.417 e. The van der Waals surface area contributed by atoms with E-state index in [1.165, 1.54) is 37.5 Å². The van der Waals surface area contributed by atoms with Crippen LogP contribution in [0.5, 0.6) is 0 Å². The van der Waals surface area contributed by atoms with Gasteiger partial charge in [-0.1, -0.05) is 24.0 Å². The largest absolute Gasteiger partial charge is 0.417 e. The van der Waals surface area contributed by atoms with Crippen LogP contribution < -0.4 is 5.32 Å². The fourth-order valence-corrected chi connectivity index (χ4v) is 5.68. The van der Waals surface area contributed by atoms with E-state index in [1.54, 1.807) is 0 Å². The summed E-state index contributed by atoms with van der Waals surface area (Å²) < 4.78 is 38.9. The summed E-state index contributed by atoms with van der Waals surface area (Å²) in [4.78, 5) is 12.8. The molecule has 26 heavy (non-hydrogen) atoms. The first-order valence-electron chi connectivity index (χ1n) is 9.29. The van der Waals surface area contributed by atoms with Crippen molar-refractivity contribution >= 4 is 5.91 Å². The van der Waals surface area contributed by atoms with Gasteiger partial charge in [-0.15, -0.1) is 0 Å². The number of halogens is 3. The van der Waals surface area contributed by atoms with E-state index in [9.17, 15) is 18.0 Å². The number of carbonyl (C=O) groups excluding carboxylic acids is 1. The van der Waals surface area contributed by atoms with E-state index in [4.69, 9.17) is 0 Å². The van der Waals surface area contributed by atoms with Gasteiger partial charge in [-0.3, -0.25) is 4.79 Å². The van der Waals surface area contributed by atoms with Crippen molar-refractivity contribution in [2.24, 2.45) is 23.2 Å². The van der Waals surface area contributed by atoms with Crippen molar-refractivity contribution in [2.45, 2.75) is 44.7 Å². The second-order valence-electron chi connectivity index (χ2n) is 8.23. The maximum atomic E-state index is 13.0. The molecule has 1 amide bonds. The number of rotatable bonds is 2. The first-order valence-corrected chi connectivity index (χ1v) is 9.29. The van der Waals surface area contributed by atoms with Crippen molar-refractivity contribution in [1.82, 2.24) is 5.32 Å². The van der Waals surface area contributed by atoms with E-state index in [-0.39, 0.29) is 23.4 Å². The maximum absolute atomic E-state index is 13.0. The zero-order valence-electron chi connectivity index (χ0n) is 14.5. The highest BCUT2D eigenvalue weighted by Crippen LogP contribution is 2.60. The molecule has 0 radical (unpaired) electrons. The number of amides is 1. The molecule has 1 aromatic rings. The molecule has 0 saturated heterocycles. The SMILES string of the molecule is O=C(NCC#Cc1ccccc1C(F)(F)F)C12CC3CC(CC(C3)C1)C2. The van der Waals surface area contributed by atoms with Crippen LogP contribution in [0.4, 0.5) is 13.2 Å². The zero-order chi connectivity index (χ0) is 18.4. The van der Waals surface area contributed by atoms with Crippen LogP contribution in [0.3, 0.4) is 0 Å². The number of nitrogens with one attached hydrogen (secondary N) is 1. The third-order valence-electron chi connectivity index (χ3n) is 6.31. The number of benzene rings is 1. The zero-order valence-corrected chi connectivity index (χ0v) is 14.5. The third-order valence-corrected chi connectivity index (χ3v) is 6.31. The molecule has 5 rings (SSSR count). The predicted molar refractivity (Wildman–Crippen MR) is 91.9 cm³/mol. The van der Waals surface area contributed by atoms with Crippen LogP contribution in [-0.2, 0) is 11.0 Å². The van der Waals surface area contributed by atoms with E-state index >= 15 is 0 Å². The van der Waals surface area contributed by atoms with Crippen LogP contribution in [0, 0.1) is 35.0 Å². The minimum atomic E-state index is -4.42. The van der Waals surface area contributed by atoms with Gasteiger partial charge in [-0.25, -0.2) is 0 Å². The lowest BCUT2D eigenvalue weighted by Crippen LogP contribution is -2.53. The summed E-state index contributed by atoms with van der Waals surface area (Å²) >= 11 is 0. The molecule has 0 unspecified atom stereocenters. The van der Waals surface area contributed by atoms with Crippen molar-refractivity contribution in [3.63, 3.8) is 0 Å². The second kappa shape index (κ2) is 6.33. The highest BCUT2D eigenvalue weighted by Gasteiger charge is 2.54. The molecule has 4 fully saturated rings. The summed E-state index contributed by atoms with van der Waals surface area (Å²) in [5.41, 5.74) is -1.04. The van der Waals surface area contributed by atoms with Crippen LogP contribution in [0.2, 0.25) is 0 Å². The van der Waals surface area contributed by atoms with Gasteiger partial charge < -0.3 is 5.32 Å². The Kier molecular flexibility index (Phi) is 4.25. The van der Waals surface area contributed by atoms with Crippen molar-refractivity contribution < 1.29 is 18.0 Å². The van der Waals surface area contributed by atoms with Crippen LogP contribution >= 0.6 is 0 Å². The highest BCUT2D eigenvalue weighted by molar-refractivity contribution is 5.83. The molecule has 4 saturated carbocycles. The van der Waals surface area contributed by atoms with Gasteiger partial charge in [0.25, 0.3) is 0 Å². The van der Waals surface area contributed by atoms with Gasteiger partial charge in [0.2, 0.25) is 5.91 Å². The van der Waals surface area contributed by atoms with Crippen LogP contribution in [0.1, 0.15) is 49.7 Å². The standard InChI is InChI=1S/C21H22F3NO/c22-21(23,24)18-6-2-1-4-17(18)5-3-7-25-19(26)20-11-14-8-15(12-20)10-16(9-14)13-20/h1-2,4,6,14-16H,7-13H2,(H,25,26). The molecule has 0 aliphatic heterocycles. The first kappa shape index (κ1) is 17.5. The van der Waals surface area contributed by atoms with Crippen molar-refractivity contribution in [3.8, 4) is 11.8 Å². The Balaban J connectivity index is 1.41. The molecule has 1 N–H and O–H groups in total. The topological polar surface area (TPSA) is 29.1 Å². The van der Waals surface area contributed by atoms with Crippen LogP contribution in [0.25, 0.3) is 0 Å². The van der Waals surface area contributed by atoms with Crippen LogP contribution in [0.15, 0.2) is 24.3 Å². The Labute approximate surface area is 151 Å². The smallest absolute Gasteiger partial charge is 0.345 e. The number of carbonyl (C=O) groups is 1. The van der Waals surface area contributed by atoms with Crippen molar-refractivity contribution in [1.29, 1.82) is 0 Å². The minimum absolute atomic E-state index is 0.0509. The molecule has 0 aromatic heterocycles. The average Bonchev–Trinajstić information content (AvgIpc) is 2.57. The fourth-order valence-electron chi connectivity index (χ4n) is 5.68. The van der Waals surface area contributed by atoms with Gasteiger partial charge in [-0.2, -0.15) is 13.2 Å². The average molecular weight is 361 g/mol. The molecule has 1 aromatic carbocycles. The van der Waals surface area contributed by atoms with E-state index in [0.717, 1.165) is 25.3 Å². The lowest BCUT2D eigenvalue weighted by atomic mass is 9.49. The van der Waals surface area contributed by atoms with E-state index in [1.807, 2.05) is 0 Å². The Morgan fingerprint density at radius 2 is 1.65 bits per heavy atom. The van der Waals surface area contributed by atoms with E-state index < -0.39 is 11.7 Å². The van der Waals surface area contributed by atoms with Gasteiger partial charge >= 0.3 is 6.18 Å². The normalized spacial score (nSPS) is 32.0. The van der Waals surface area contributed by atoms with Crippen LogP contribution in [-0.4, -0.2) is 12.5 Å². The van der Waals surface area contributed by atoms with Gasteiger partial charge in [0, 0.05) is 11.0 Å². The first-order chi connectivity index (χ1) is 12.4. The predicted octanol–water partition coefficient (Wildman–Crippen LogP) is 4.39. The van der Waals surface area contributed by atoms with Gasteiger partial charge in [0.05, 0.1) is 12.1 Å². The molecular weight excluding hydrogens is 339 g/mol. The molecular formula is C21H22F3NO. The lowest BCUT2D eigenvalue weighted by Gasteiger charge is -2.55. The summed E-state index contributed by atoms with van der Waals surface area (Å²) in [7, 11) is 0. The molecule has 2 nitrogen and oxygen atoms in total. The monoisotopic (exact) mass is 361 g/mol. The summed E-state index contributed by atoms with van der Waals surface area (Å²) in [5.74, 6) is 7.34. The van der Waals surface area contributed by atoms with E-state index in [0.29, 0.717) is 17.8 Å². The van der Waals surface area contributed by atoms with Gasteiger partial charge in [-0.05, 0) is 68.4 Å². The highest BCUT2D eigenvalue weighted by atomic mass is 19.4. The second-order valence-corrected chi connectivity index (χ2v) is 8.23. The fraction of sp³-hybridized carbons (Fsp3) is 0.571. The summed E-state index contributed by atoms with van der Waals surface area (Å²) in [5, 5.41) is 2.87. The Morgan fingerprint density at radius 1 is 1.08 bits per heavy atom. The molecule has 0 atom stereocenters. The number of alkyl halides is 3. The summed E-state index contributed by atoms with van der Waals surface area (Å²) in [6, 6.07) is 5.27. The van der Waals surface area contributed by atoms with Crippen molar-refractivity contribution in [2.75, 3.05) is 6.54 Å². The molecule has 4 bridgehead atoms. The summed E-state index contributed by atoms with van der Waals surface area (Å²) in [6.45, 7) is 0.0901. The minimum Gasteiger partial charge on any atom is -0.345 e. The quantitative estimate of drug-likeness (QED) is 0.778. The molecule has 0 spiro atoms. The Hall–Kier alpha value is -1.96. The summed E-state index contributed by atoms with van der Waals surface area (Å²) in [6.07, 6.45) is 2.27. The van der Waals surface area contributed by atoms with Gasteiger partial charge in [0.1, 0.15) is 0 Å². The number of hydrogen-bond acceptors (Lipinski definition) is 1. The van der Waals surface area contributed by atoms with Crippen molar-refractivity contribution in [3.05, 3.63) is 35.4 Å². The molecule has 0 heterocycles. The lowest BCUT2D eigenvalue weighted by molar-refractivity contribution is -0.146. The number of hydrogen-bond donors (Lipinski definition) is 1. The molecule has 4 aliphatic rings. The molecule has 4 aliphatic carbocycles. The molecule has 138 valence electrons. The third kappa shape index (κ3) is 3.22. The Morgan fingerprint density at radius 3 is 2.23 bits per heavy atom. The van der Waals surface area contributed by atoms with E-state index in [2.05, 4.69) is 17.2 Å². The Bertz CT molecular complexity index is 736. The van der Waals surface area contributed by atoms with Gasteiger partial charge in [0.15, 0.2) is 0 Å². The molecule has 5 heteroatoms.